The summed E-state index contributed by atoms with van der Waals surface area (Å²) in [6.45, 7) is 3.21. The van der Waals surface area contributed by atoms with Crippen LogP contribution in [0.4, 0.5) is 0 Å². The van der Waals surface area contributed by atoms with Gasteiger partial charge in [-0.25, -0.2) is 0 Å². The zero-order valence-electron chi connectivity index (χ0n) is 9.21. The summed E-state index contributed by atoms with van der Waals surface area (Å²) >= 11 is 0. The van der Waals surface area contributed by atoms with Gasteiger partial charge in [-0.3, -0.25) is 0 Å². The predicted molar refractivity (Wildman–Crippen MR) is 56.1 cm³/mol. The minimum absolute atomic E-state index is 0.106. The van der Waals surface area contributed by atoms with Crippen LogP contribution in [0.15, 0.2) is 0 Å². The summed E-state index contributed by atoms with van der Waals surface area (Å²) in [5, 5.41) is 0. The molecule has 1 saturated carbocycles. The maximum Gasteiger partial charge on any atom is 0.157 e. The largest absolute Gasteiger partial charge is 0.353 e. The van der Waals surface area contributed by atoms with E-state index < -0.39 is 0 Å². The molecular weight excluding hydrogens is 176 g/mol. The highest BCUT2D eigenvalue weighted by Crippen LogP contribution is 2.28. The molecule has 2 fully saturated rings. The number of rotatable bonds is 2. The van der Waals surface area contributed by atoms with E-state index in [1.54, 1.807) is 0 Å². The Morgan fingerprint density at radius 2 is 1.79 bits per heavy atom. The van der Waals surface area contributed by atoms with E-state index in [1.165, 1.54) is 38.5 Å². The molecule has 0 spiro atoms. The van der Waals surface area contributed by atoms with Crippen molar-refractivity contribution < 1.29 is 9.47 Å². The van der Waals surface area contributed by atoms with E-state index in [1.807, 2.05) is 0 Å². The van der Waals surface area contributed by atoms with Gasteiger partial charge in [-0.05, 0) is 38.0 Å². The van der Waals surface area contributed by atoms with Gasteiger partial charge in [0.15, 0.2) is 6.29 Å². The van der Waals surface area contributed by atoms with E-state index in [0.29, 0.717) is 6.10 Å². The van der Waals surface area contributed by atoms with Crippen LogP contribution in [0.1, 0.15) is 51.9 Å². The van der Waals surface area contributed by atoms with Crippen LogP contribution in [0.25, 0.3) is 0 Å². The molecule has 0 aromatic rings. The Morgan fingerprint density at radius 1 is 1.00 bits per heavy atom. The molecule has 82 valence electrons. The fourth-order valence-electron chi connectivity index (χ4n) is 2.50. The van der Waals surface area contributed by atoms with E-state index in [0.717, 1.165) is 18.9 Å². The fourth-order valence-corrected chi connectivity index (χ4v) is 2.50. The molecule has 1 aliphatic carbocycles. The van der Waals surface area contributed by atoms with Gasteiger partial charge in [0.25, 0.3) is 0 Å². The smallest absolute Gasteiger partial charge is 0.157 e. The molecule has 0 N–H and O–H groups in total. The summed E-state index contributed by atoms with van der Waals surface area (Å²) in [7, 11) is 0. The van der Waals surface area contributed by atoms with Crippen LogP contribution in [0, 0.1) is 5.92 Å². The van der Waals surface area contributed by atoms with Gasteiger partial charge in [-0.1, -0.05) is 19.8 Å². The molecule has 0 aromatic carbocycles. The van der Waals surface area contributed by atoms with Crippen LogP contribution in [-0.4, -0.2) is 19.0 Å². The summed E-state index contributed by atoms with van der Waals surface area (Å²) in [6.07, 6.45) is 9.43. The molecule has 1 saturated heterocycles. The van der Waals surface area contributed by atoms with E-state index in [2.05, 4.69) is 6.92 Å². The minimum atomic E-state index is 0.106. The lowest BCUT2D eigenvalue weighted by molar-refractivity contribution is -0.202. The molecule has 2 heteroatoms. The molecule has 0 aromatic heterocycles. The topological polar surface area (TPSA) is 18.5 Å². The van der Waals surface area contributed by atoms with Crippen LogP contribution < -0.4 is 0 Å². The standard InChI is InChI=1S/C12H22O2/c1-10-6-2-3-7-11(10)14-12-8-4-5-9-13-12/h10-12H,2-9H2,1H3/t10-,11-,12?/m0/s1. The van der Waals surface area contributed by atoms with Crippen LogP contribution in [0.3, 0.4) is 0 Å². The maximum atomic E-state index is 6.02. The molecule has 0 amide bonds. The third-order valence-electron chi connectivity index (χ3n) is 3.50. The second-order valence-corrected chi connectivity index (χ2v) is 4.73. The van der Waals surface area contributed by atoms with Crippen LogP contribution >= 0.6 is 0 Å². The molecule has 1 heterocycles. The highest BCUT2D eigenvalue weighted by atomic mass is 16.7. The number of hydrogen-bond acceptors (Lipinski definition) is 2. The minimum Gasteiger partial charge on any atom is -0.353 e. The number of ether oxygens (including phenoxy) is 2. The monoisotopic (exact) mass is 198 g/mol. The Kier molecular flexibility index (Phi) is 3.82. The third kappa shape index (κ3) is 2.71. The average molecular weight is 198 g/mol. The molecule has 0 bridgehead atoms. The van der Waals surface area contributed by atoms with Crippen molar-refractivity contribution in [2.24, 2.45) is 5.92 Å². The lowest BCUT2D eigenvalue weighted by atomic mass is 9.88. The van der Waals surface area contributed by atoms with Gasteiger partial charge in [0.05, 0.1) is 6.10 Å². The predicted octanol–water partition coefficient (Wildman–Crippen LogP) is 3.11. The molecular formula is C12H22O2. The third-order valence-corrected chi connectivity index (χ3v) is 3.50. The Bertz CT molecular complexity index is 164. The quantitative estimate of drug-likeness (QED) is 0.678. The zero-order chi connectivity index (χ0) is 9.80. The molecule has 14 heavy (non-hydrogen) atoms. The van der Waals surface area contributed by atoms with Crippen molar-refractivity contribution in [1.82, 2.24) is 0 Å². The SMILES string of the molecule is C[C@H]1CCCC[C@@H]1OC1CCCCO1. The first kappa shape index (κ1) is 10.4. The molecule has 3 atom stereocenters. The van der Waals surface area contributed by atoms with Crippen molar-refractivity contribution in [3.8, 4) is 0 Å². The summed E-state index contributed by atoms with van der Waals surface area (Å²) in [5.74, 6) is 0.731. The summed E-state index contributed by atoms with van der Waals surface area (Å²) in [6, 6.07) is 0. The Balaban J connectivity index is 1.76. The highest BCUT2D eigenvalue weighted by Gasteiger charge is 2.26. The summed E-state index contributed by atoms with van der Waals surface area (Å²) in [5.41, 5.74) is 0. The Morgan fingerprint density at radius 3 is 2.50 bits per heavy atom. The van der Waals surface area contributed by atoms with Gasteiger partial charge in [-0.2, -0.15) is 0 Å². The normalized spacial score (nSPS) is 39.6. The molecule has 2 aliphatic rings. The highest BCUT2D eigenvalue weighted by molar-refractivity contribution is 4.73. The number of hydrogen-bond donors (Lipinski definition) is 0. The second kappa shape index (κ2) is 5.13. The van der Waals surface area contributed by atoms with Crippen LogP contribution in [0.2, 0.25) is 0 Å². The van der Waals surface area contributed by atoms with Gasteiger partial charge >= 0.3 is 0 Å². The zero-order valence-corrected chi connectivity index (χ0v) is 9.21. The van der Waals surface area contributed by atoms with E-state index in [9.17, 15) is 0 Å². The maximum absolute atomic E-state index is 6.02. The van der Waals surface area contributed by atoms with E-state index in [-0.39, 0.29) is 6.29 Å². The van der Waals surface area contributed by atoms with Gasteiger partial charge in [0, 0.05) is 6.61 Å². The second-order valence-electron chi connectivity index (χ2n) is 4.73. The van der Waals surface area contributed by atoms with Crippen LogP contribution in [-0.2, 0) is 9.47 Å². The van der Waals surface area contributed by atoms with Crippen molar-refractivity contribution in [1.29, 1.82) is 0 Å². The average Bonchev–Trinajstić information content (AvgIpc) is 2.23. The molecule has 2 nitrogen and oxygen atoms in total. The van der Waals surface area contributed by atoms with E-state index in [4.69, 9.17) is 9.47 Å². The Labute approximate surface area is 87.0 Å². The summed E-state index contributed by atoms with van der Waals surface area (Å²) < 4.78 is 11.6. The van der Waals surface area contributed by atoms with Crippen molar-refractivity contribution in [2.45, 2.75) is 64.3 Å². The van der Waals surface area contributed by atoms with Gasteiger partial charge < -0.3 is 9.47 Å². The first-order valence-corrected chi connectivity index (χ1v) is 6.13. The molecule has 1 aliphatic heterocycles. The fraction of sp³-hybridized carbons (Fsp3) is 1.00. The van der Waals surface area contributed by atoms with Gasteiger partial charge in [0.1, 0.15) is 0 Å². The Hall–Kier alpha value is -0.0800. The van der Waals surface area contributed by atoms with Gasteiger partial charge in [0.2, 0.25) is 0 Å². The van der Waals surface area contributed by atoms with Crippen molar-refractivity contribution in [3.05, 3.63) is 0 Å². The molecule has 0 radical (unpaired) electrons. The molecule has 1 unspecified atom stereocenters. The first-order chi connectivity index (χ1) is 6.86. The van der Waals surface area contributed by atoms with Crippen molar-refractivity contribution >= 4 is 0 Å². The van der Waals surface area contributed by atoms with Crippen LogP contribution in [0.5, 0.6) is 0 Å². The van der Waals surface area contributed by atoms with Crippen molar-refractivity contribution in [3.63, 3.8) is 0 Å². The lowest BCUT2D eigenvalue weighted by Gasteiger charge is -2.33. The summed E-state index contributed by atoms with van der Waals surface area (Å²) in [4.78, 5) is 0. The lowest BCUT2D eigenvalue weighted by Crippen LogP contribution is -2.33. The van der Waals surface area contributed by atoms with Crippen molar-refractivity contribution in [2.75, 3.05) is 6.61 Å². The van der Waals surface area contributed by atoms with E-state index >= 15 is 0 Å². The van der Waals surface area contributed by atoms with Gasteiger partial charge in [-0.15, -0.1) is 0 Å². The molecule has 2 rings (SSSR count). The first-order valence-electron chi connectivity index (χ1n) is 6.13.